The maximum absolute atomic E-state index is 11.5. The van der Waals surface area contributed by atoms with Crippen LogP contribution < -0.4 is 5.19 Å². The van der Waals surface area contributed by atoms with Crippen LogP contribution in [0.5, 0.6) is 0 Å². The molecule has 1 atom stereocenters. The second-order valence-electron chi connectivity index (χ2n) is 8.41. The highest BCUT2D eigenvalue weighted by Gasteiger charge is 2.28. The van der Waals surface area contributed by atoms with E-state index in [4.69, 9.17) is 9.47 Å². The van der Waals surface area contributed by atoms with Gasteiger partial charge in [0.15, 0.2) is 6.29 Å². The highest BCUT2D eigenvalue weighted by molar-refractivity contribution is 6.88. The fourth-order valence-electron chi connectivity index (χ4n) is 2.75. The second-order valence-corrected chi connectivity index (χ2v) is 13.5. The van der Waals surface area contributed by atoms with E-state index in [9.17, 15) is 4.79 Å². The zero-order valence-corrected chi connectivity index (χ0v) is 16.1. The van der Waals surface area contributed by atoms with Crippen molar-refractivity contribution in [2.75, 3.05) is 13.2 Å². The fraction of sp³-hybridized carbons (Fsp3) is 0.632. The predicted molar refractivity (Wildman–Crippen MR) is 96.9 cm³/mol. The van der Waals surface area contributed by atoms with E-state index in [1.807, 2.05) is 0 Å². The average molecular weight is 335 g/mol. The Kier molecular flexibility index (Phi) is 5.82. The molecule has 0 aromatic heterocycles. The molecule has 0 bridgehead atoms. The average Bonchev–Trinajstić information content (AvgIpc) is 2.49. The Labute approximate surface area is 141 Å². The third-order valence-electron chi connectivity index (χ3n) is 4.40. The van der Waals surface area contributed by atoms with Crippen molar-refractivity contribution in [1.82, 2.24) is 0 Å². The lowest BCUT2D eigenvalue weighted by atomic mass is 9.94. The van der Waals surface area contributed by atoms with E-state index in [0.29, 0.717) is 13.2 Å². The summed E-state index contributed by atoms with van der Waals surface area (Å²) in [5.74, 6) is -0.0761. The van der Waals surface area contributed by atoms with Gasteiger partial charge in [-0.15, -0.1) is 0 Å². The quantitative estimate of drug-likeness (QED) is 0.588. The van der Waals surface area contributed by atoms with Crippen LogP contribution in [0.3, 0.4) is 0 Å². The van der Waals surface area contributed by atoms with Gasteiger partial charge < -0.3 is 14.3 Å². The Morgan fingerprint density at radius 3 is 2.22 bits per heavy atom. The first kappa shape index (κ1) is 18.4. The molecule has 1 aromatic rings. The van der Waals surface area contributed by atoms with Gasteiger partial charge in [-0.25, -0.2) is 0 Å². The van der Waals surface area contributed by atoms with Crippen LogP contribution in [-0.2, 0) is 14.3 Å². The van der Waals surface area contributed by atoms with Gasteiger partial charge in [-0.2, -0.15) is 0 Å². The minimum Gasteiger partial charge on any atom is -0.352 e. The highest BCUT2D eigenvalue weighted by Crippen LogP contribution is 2.27. The molecule has 3 nitrogen and oxygen atoms in total. The third-order valence-corrected chi connectivity index (χ3v) is 6.47. The Hall–Kier alpha value is -0.973. The minimum absolute atomic E-state index is 0.0761. The summed E-state index contributed by atoms with van der Waals surface area (Å²) in [7, 11) is -1.29. The van der Waals surface area contributed by atoms with Crippen molar-refractivity contribution in [3.05, 3.63) is 29.8 Å². The number of carbonyl (C=O) groups excluding carboxylic acids is 1. The van der Waals surface area contributed by atoms with Crippen molar-refractivity contribution in [3.63, 3.8) is 0 Å². The van der Waals surface area contributed by atoms with E-state index in [-0.39, 0.29) is 17.6 Å². The van der Waals surface area contributed by atoms with Crippen molar-refractivity contribution in [3.8, 4) is 0 Å². The molecule has 1 aliphatic heterocycles. The lowest BCUT2D eigenvalue weighted by Crippen LogP contribution is -2.38. The number of hydrogen-bond donors (Lipinski definition) is 0. The summed E-state index contributed by atoms with van der Waals surface area (Å²) in [5, 5.41) is 1.42. The molecule has 1 unspecified atom stereocenters. The van der Waals surface area contributed by atoms with Gasteiger partial charge >= 0.3 is 0 Å². The van der Waals surface area contributed by atoms with Crippen LogP contribution in [0.15, 0.2) is 24.3 Å². The molecule has 1 fully saturated rings. The molecule has 0 aliphatic carbocycles. The van der Waals surface area contributed by atoms with Crippen LogP contribution in [0.2, 0.25) is 19.6 Å². The zero-order chi connectivity index (χ0) is 17.1. The van der Waals surface area contributed by atoms with Crippen LogP contribution in [0.25, 0.3) is 0 Å². The first-order chi connectivity index (χ1) is 10.7. The molecule has 0 spiro atoms. The largest absolute Gasteiger partial charge is 0.352 e. The Balaban J connectivity index is 1.91. The number of aldehydes is 1. The summed E-state index contributed by atoms with van der Waals surface area (Å²) in [5.41, 5.74) is 1.19. The number of ether oxygens (including phenoxy) is 2. The van der Waals surface area contributed by atoms with Gasteiger partial charge in [-0.3, -0.25) is 0 Å². The smallest absolute Gasteiger partial charge is 0.157 e. The number of hydrogen-bond acceptors (Lipinski definition) is 3. The molecule has 4 heteroatoms. The summed E-state index contributed by atoms with van der Waals surface area (Å²) in [6, 6.07) is 8.60. The van der Waals surface area contributed by atoms with Crippen molar-refractivity contribution in [2.45, 2.75) is 58.5 Å². The van der Waals surface area contributed by atoms with Gasteiger partial charge in [0.2, 0.25) is 0 Å². The molecule has 1 aromatic carbocycles. The summed E-state index contributed by atoms with van der Waals surface area (Å²) in [4.78, 5) is 11.5. The molecule has 0 saturated carbocycles. The monoisotopic (exact) mass is 334 g/mol. The Bertz CT molecular complexity index is 506. The fourth-order valence-corrected chi connectivity index (χ4v) is 3.92. The molecule has 1 saturated heterocycles. The van der Waals surface area contributed by atoms with Gasteiger partial charge in [0.25, 0.3) is 0 Å². The summed E-state index contributed by atoms with van der Waals surface area (Å²) in [6.45, 7) is 12.7. The maximum Gasteiger partial charge on any atom is 0.157 e. The van der Waals surface area contributed by atoms with Crippen LogP contribution in [0, 0.1) is 5.41 Å². The summed E-state index contributed by atoms with van der Waals surface area (Å²) < 4.78 is 11.5. The van der Waals surface area contributed by atoms with Crippen molar-refractivity contribution < 1.29 is 14.3 Å². The van der Waals surface area contributed by atoms with E-state index in [1.165, 1.54) is 5.19 Å². The van der Waals surface area contributed by atoms with E-state index in [1.54, 1.807) is 0 Å². The molecular formula is C19H30O3Si. The Morgan fingerprint density at radius 1 is 1.17 bits per heavy atom. The lowest BCUT2D eigenvalue weighted by molar-refractivity contribution is -0.224. The van der Waals surface area contributed by atoms with Crippen molar-refractivity contribution in [1.29, 1.82) is 0 Å². The molecule has 0 N–H and O–H groups in total. The molecule has 128 valence electrons. The lowest BCUT2D eigenvalue weighted by Gasteiger charge is -2.34. The van der Waals surface area contributed by atoms with Gasteiger partial charge in [-0.1, -0.05) is 62.9 Å². The van der Waals surface area contributed by atoms with Crippen molar-refractivity contribution in [2.24, 2.45) is 5.41 Å². The Morgan fingerprint density at radius 2 is 1.74 bits per heavy atom. The van der Waals surface area contributed by atoms with E-state index in [2.05, 4.69) is 57.8 Å². The zero-order valence-electron chi connectivity index (χ0n) is 15.1. The highest BCUT2D eigenvalue weighted by atomic mass is 28.3. The van der Waals surface area contributed by atoms with Crippen LogP contribution >= 0.6 is 0 Å². The predicted octanol–water partition coefficient (Wildman–Crippen LogP) is 3.69. The van der Waals surface area contributed by atoms with Crippen LogP contribution in [-0.4, -0.2) is 33.9 Å². The van der Waals surface area contributed by atoms with Gasteiger partial charge in [-0.05, 0) is 18.4 Å². The second kappa shape index (κ2) is 7.28. The van der Waals surface area contributed by atoms with E-state index >= 15 is 0 Å². The first-order valence-corrected chi connectivity index (χ1v) is 12.0. The normalized spacial score (nSPS) is 20.2. The standard InChI is InChI=1S/C19H30O3Si/c1-19(2)13-21-18(22-14-19)11-8-16(12-20)15-6-9-17(10-7-15)23(3,4)5/h6-7,9-10,12,16,18H,8,11,13-14H2,1-5H3. The summed E-state index contributed by atoms with van der Waals surface area (Å²) in [6.07, 6.45) is 2.40. The number of carbonyl (C=O) groups is 1. The van der Waals surface area contributed by atoms with Gasteiger partial charge in [0, 0.05) is 11.3 Å². The molecule has 1 aliphatic rings. The van der Waals surface area contributed by atoms with E-state index < -0.39 is 8.07 Å². The minimum atomic E-state index is -1.29. The number of rotatable bonds is 6. The van der Waals surface area contributed by atoms with Crippen molar-refractivity contribution >= 4 is 19.5 Å². The SMILES string of the molecule is CC1(C)COC(CCC(C=O)c2ccc([Si](C)(C)C)cc2)OC1. The third kappa shape index (κ3) is 5.26. The van der Waals surface area contributed by atoms with Crippen LogP contribution in [0.1, 0.15) is 38.2 Å². The maximum atomic E-state index is 11.5. The molecule has 2 rings (SSSR count). The molecular weight excluding hydrogens is 304 g/mol. The molecule has 1 heterocycles. The van der Waals surface area contributed by atoms with E-state index in [0.717, 1.165) is 24.7 Å². The summed E-state index contributed by atoms with van der Waals surface area (Å²) >= 11 is 0. The molecule has 0 amide bonds. The van der Waals surface area contributed by atoms with Crippen LogP contribution in [0.4, 0.5) is 0 Å². The first-order valence-electron chi connectivity index (χ1n) is 8.50. The van der Waals surface area contributed by atoms with Gasteiger partial charge in [0.1, 0.15) is 6.29 Å². The molecule has 23 heavy (non-hydrogen) atoms. The molecule has 0 radical (unpaired) electrons. The van der Waals surface area contributed by atoms with Gasteiger partial charge in [0.05, 0.1) is 21.3 Å². The topological polar surface area (TPSA) is 35.5 Å². The number of benzene rings is 1.